The Morgan fingerprint density at radius 2 is 1.86 bits per heavy atom. The quantitative estimate of drug-likeness (QED) is 0.235. The summed E-state index contributed by atoms with van der Waals surface area (Å²) in [6.07, 6.45) is 7.92. The van der Waals surface area contributed by atoms with E-state index in [9.17, 15) is 9.59 Å². The van der Waals surface area contributed by atoms with Gasteiger partial charge in [-0.25, -0.2) is 8.91 Å². The lowest BCUT2D eigenvalue weighted by Crippen LogP contribution is -2.23. The number of anilines is 1. The molecule has 212 valence electrons. The number of nitrogens with one attached hydrogen (secondary N) is 1. The second-order valence-electron chi connectivity index (χ2n) is 11.8. The minimum atomic E-state index is -0.567. The van der Waals surface area contributed by atoms with Crippen LogP contribution in [0.15, 0.2) is 71.9 Å². The van der Waals surface area contributed by atoms with E-state index in [4.69, 9.17) is 11.6 Å². The number of amides is 1. The van der Waals surface area contributed by atoms with Crippen molar-refractivity contribution in [1.82, 2.24) is 19.2 Å². The molecule has 0 aliphatic heterocycles. The average Bonchev–Trinajstić information content (AvgIpc) is 3.89. The van der Waals surface area contributed by atoms with Gasteiger partial charge in [0, 0.05) is 34.6 Å². The number of pyridine rings is 3. The molecule has 0 bridgehead atoms. The van der Waals surface area contributed by atoms with Gasteiger partial charge >= 0.3 is 0 Å². The Labute approximate surface area is 247 Å². The summed E-state index contributed by atoms with van der Waals surface area (Å²) in [6.45, 7) is 5.60. The number of rotatable bonds is 6. The van der Waals surface area contributed by atoms with Crippen LogP contribution >= 0.6 is 11.6 Å². The van der Waals surface area contributed by atoms with E-state index in [-0.39, 0.29) is 39.6 Å². The first kappa shape index (κ1) is 26.6. The molecular weight excluding hydrogens is 553 g/mol. The molecule has 7 rings (SSSR count). The molecule has 7 nitrogen and oxygen atoms in total. The minimum absolute atomic E-state index is 0.112. The number of carbonyl (C=O) groups is 1. The van der Waals surface area contributed by atoms with Crippen molar-refractivity contribution in [1.29, 1.82) is 0 Å². The average molecular weight is 582 g/mol. The molecule has 5 aromatic rings. The highest BCUT2D eigenvalue weighted by Crippen LogP contribution is 2.56. The zero-order valence-electron chi connectivity index (χ0n) is 23.5. The summed E-state index contributed by atoms with van der Waals surface area (Å²) in [6, 6.07) is 14.5. The number of benzene rings is 1. The maximum absolute atomic E-state index is 15.6. The first-order valence-corrected chi connectivity index (χ1v) is 14.5. The first-order chi connectivity index (χ1) is 20.2. The molecule has 0 saturated heterocycles. The van der Waals surface area contributed by atoms with Crippen molar-refractivity contribution >= 4 is 28.7 Å². The summed E-state index contributed by atoms with van der Waals surface area (Å²) in [5.74, 6) is -0.384. The zero-order valence-corrected chi connectivity index (χ0v) is 24.2. The second kappa shape index (κ2) is 9.63. The van der Waals surface area contributed by atoms with Gasteiger partial charge in [-0.05, 0) is 92.5 Å². The number of nitrogens with zero attached hydrogens (tertiary/aromatic N) is 4. The zero-order chi connectivity index (χ0) is 29.3. The molecule has 4 aromatic heterocycles. The molecule has 2 saturated carbocycles. The molecule has 2 atom stereocenters. The molecule has 2 aliphatic carbocycles. The molecule has 0 spiro atoms. The van der Waals surface area contributed by atoms with Crippen molar-refractivity contribution in [3.8, 4) is 16.9 Å². The largest absolute Gasteiger partial charge is 0.323 e. The molecule has 2 fully saturated rings. The lowest BCUT2D eigenvalue weighted by atomic mass is 10.0. The first-order valence-electron chi connectivity index (χ1n) is 14.1. The van der Waals surface area contributed by atoms with Crippen molar-refractivity contribution in [2.45, 2.75) is 51.9 Å². The molecule has 2 aliphatic rings. The maximum Gasteiger partial charge on any atom is 0.274 e. The fourth-order valence-corrected chi connectivity index (χ4v) is 6.12. The van der Waals surface area contributed by atoms with Gasteiger partial charge in [-0.1, -0.05) is 30.7 Å². The predicted octanol–water partition coefficient (Wildman–Crippen LogP) is 6.97. The Bertz CT molecular complexity index is 1980. The van der Waals surface area contributed by atoms with Crippen molar-refractivity contribution in [3.05, 3.63) is 111 Å². The summed E-state index contributed by atoms with van der Waals surface area (Å²) in [4.78, 5) is 30.8. The molecule has 1 amide bonds. The van der Waals surface area contributed by atoms with Crippen molar-refractivity contribution < 1.29 is 9.18 Å². The van der Waals surface area contributed by atoms with E-state index in [1.165, 1.54) is 0 Å². The summed E-state index contributed by atoms with van der Waals surface area (Å²) in [5, 5.41) is 7.39. The van der Waals surface area contributed by atoms with Crippen molar-refractivity contribution in [2.24, 2.45) is 5.41 Å². The van der Waals surface area contributed by atoms with E-state index < -0.39 is 11.2 Å². The van der Waals surface area contributed by atoms with Gasteiger partial charge in [-0.3, -0.25) is 19.1 Å². The van der Waals surface area contributed by atoms with Crippen molar-refractivity contribution in [3.63, 3.8) is 0 Å². The third-order valence-corrected chi connectivity index (χ3v) is 9.17. The Morgan fingerprint density at radius 3 is 2.64 bits per heavy atom. The lowest BCUT2D eigenvalue weighted by molar-refractivity contribution is -0.120. The van der Waals surface area contributed by atoms with Gasteiger partial charge in [-0.2, -0.15) is 5.10 Å². The van der Waals surface area contributed by atoms with Crippen molar-refractivity contribution in [2.75, 3.05) is 5.32 Å². The number of carbonyl (C=O) groups excluding carboxylic acids is 1. The topological polar surface area (TPSA) is 81.3 Å². The highest BCUT2D eigenvalue weighted by atomic mass is 35.5. The van der Waals surface area contributed by atoms with E-state index in [1.54, 1.807) is 35.0 Å². The normalized spacial score (nSPS) is 18.7. The smallest absolute Gasteiger partial charge is 0.274 e. The van der Waals surface area contributed by atoms with Gasteiger partial charge < -0.3 is 5.32 Å². The standard InChI is InChI=1S/C33H29ClFN5O2/c1-18-16-36-26(20-7-6-8-25(30(20)35)38-32(42)33(3)10-11-33)15-28(18)40-19(2)13-23(29(34)31(40)41)21-14-22(21)24-17-37-39-12-5-4-9-27(24)39/h4-9,12-13,15-17,21-22H,10-11,14H2,1-3H3,(H,38,42)/t21-,22-/m0/s1. The molecule has 1 N–H and O–H groups in total. The number of aromatic nitrogens is 4. The Kier molecular flexibility index (Phi) is 6.10. The Balaban J connectivity index is 1.23. The van der Waals surface area contributed by atoms with E-state index in [2.05, 4.69) is 15.4 Å². The van der Waals surface area contributed by atoms with Crippen LogP contribution in [0.3, 0.4) is 0 Å². The van der Waals surface area contributed by atoms with Crippen LogP contribution in [0.1, 0.15) is 60.4 Å². The minimum Gasteiger partial charge on any atom is -0.323 e. The van der Waals surface area contributed by atoms with Crippen LogP contribution in [-0.2, 0) is 4.79 Å². The summed E-state index contributed by atoms with van der Waals surface area (Å²) >= 11 is 6.78. The molecule has 9 heteroatoms. The van der Waals surface area contributed by atoms with Gasteiger partial charge in [0.25, 0.3) is 5.56 Å². The van der Waals surface area contributed by atoms with Gasteiger partial charge in [-0.15, -0.1) is 0 Å². The molecule has 4 heterocycles. The third kappa shape index (κ3) is 4.32. The van der Waals surface area contributed by atoms with Crippen LogP contribution in [0, 0.1) is 25.1 Å². The fourth-order valence-electron chi connectivity index (χ4n) is 5.84. The maximum atomic E-state index is 15.6. The number of fused-ring (bicyclic) bond motifs is 1. The van der Waals surface area contributed by atoms with Gasteiger partial charge in [0.05, 0.1) is 28.8 Å². The Hall–Kier alpha value is -4.30. The Morgan fingerprint density at radius 1 is 1.07 bits per heavy atom. The van der Waals surface area contributed by atoms with Crippen LogP contribution in [0.5, 0.6) is 0 Å². The summed E-state index contributed by atoms with van der Waals surface area (Å²) in [7, 11) is 0. The molecular formula is C33H29ClFN5O2. The predicted molar refractivity (Wildman–Crippen MR) is 161 cm³/mol. The summed E-state index contributed by atoms with van der Waals surface area (Å²) < 4.78 is 19.1. The SMILES string of the molecule is Cc1cnc(-c2cccc(NC(=O)C3(C)CC3)c2F)cc1-n1c(C)cc([C@H]2C[C@@H]2c2cnn3ccccc23)c(Cl)c1=O. The molecule has 42 heavy (non-hydrogen) atoms. The van der Waals surface area contributed by atoms with E-state index in [0.717, 1.165) is 47.2 Å². The number of hydrogen-bond acceptors (Lipinski definition) is 4. The highest BCUT2D eigenvalue weighted by Gasteiger charge is 2.45. The van der Waals surface area contributed by atoms with Gasteiger partial charge in [0.2, 0.25) is 5.91 Å². The van der Waals surface area contributed by atoms with E-state index in [1.807, 2.05) is 61.9 Å². The fraction of sp³-hybridized carbons (Fsp3) is 0.273. The van der Waals surface area contributed by atoms with Gasteiger partial charge in [0.1, 0.15) is 5.02 Å². The van der Waals surface area contributed by atoms with Crippen LogP contribution in [0.2, 0.25) is 5.02 Å². The lowest BCUT2D eigenvalue weighted by Gasteiger charge is -2.17. The summed E-state index contributed by atoms with van der Waals surface area (Å²) in [5.41, 5.74) is 5.03. The van der Waals surface area contributed by atoms with Crippen LogP contribution in [-0.4, -0.2) is 25.1 Å². The third-order valence-electron chi connectivity index (χ3n) is 8.79. The van der Waals surface area contributed by atoms with Gasteiger partial charge in [0.15, 0.2) is 5.82 Å². The molecule has 0 unspecified atom stereocenters. The second-order valence-corrected chi connectivity index (χ2v) is 12.2. The van der Waals surface area contributed by atoms with Crippen LogP contribution in [0.25, 0.3) is 22.5 Å². The molecule has 0 radical (unpaired) electrons. The highest BCUT2D eigenvalue weighted by molar-refractivity contribution is 6.31. The monoisotopic (exact) mass is 581 g/mol. The van der Waals surface area contributed by atoms with Crippen LogP contribution in [0.4, 0.5) is 10.1 Å². The van der Waals surface area contributed by atoms with E-state index >= 15 is 4.39 Å². The molecule has 1 aromatic carbocycles. The number of hydrogen-bond donors (Lipinski definition) is 1. The van der Waals surface area contributed by atoms with E-state index in [0.29, 0.717) is 11.4 Å². The van der Waals surface area contributed by atoms with Crippen LogP contribution < -0.4 is 10.9 Å². The number of halogens is 2. The number of aryl methyl sites for hydroxylation is 2.